The van der Waals surface area contributed by atoms with Crippen molar-refractivity contribution in [2.24, 2.45) is 5.73 Å². The molecule has 28 heteroatoms. The first-order valence-corrected chi connectivity index (χ1v) is 32.4. The zero-order chi connectivity index (χ0) is 70.6. The highest BCUT2D eigenvalue weighted by atomic mass is 19.1. The van der Waals surface area contributed by atoms with Crippen molar-refractivity contribution in [1.29, 1.82) is 0 Å². The van der Waals surface area contributed by atoms with Crippen LogP contribution >= 0.6 is 0 Å². The van der Waals surface area contributed by atoms with Gasteiger partial charge in [0.2, 0.25) is 35.4 Å². The number of ether oxygens (including phenoxy) is 2. The van der Waals surface area contributed by atoms with Crippen LogP contribution < -0.4 is 32.3 Å². The highest BCUT2D eigenvalue weighted by molar-refractivity contribution is 6.25. The normalized spacial score (nSPS) is 18.2. The van der Waals surface area contributed by atoms with Gasteiger partial charge < -0.3 is 30.9 Å². The number of nitrogens with zero attached hydrogens (tertiary/aromatic N) is 3. The van der Waals surface area contributed by atoms with E-state index in [1.165, 1.54) is 6.07 Å². The maximum atomic E-state index is 13.2. The van der Waals surface area contributed by atoms with E-state index in [2.05, 4.69) is 26.6 Å². The van der Waals surface area contributed by atoms with Crippen LogP contribution in [0.4, 0.5) is 15.8 Å². The SMILES string of the molecule is CC(C)(C)OC(=O)CCCCCCN.CC(C)(C)OC(=O)CCCCCCNc1ccc2c(c1)C(=O)N(C1CCC(=O)NC1=O)C2=O.O=C(O)CCCCCCNc1ccc2c(c1)C(=O)N(C1CCC(=O)NC1=O)C2=O.O=C1CCC(N2C(=O)c3ccc(F)cc3C2=O)C(=O)N1. The minimum absolute atomic E-state index is 0.0537. The number of carbonyl (C=O) groups excluding carboxylic acids is 14. The molecule has 0 radical (unpaired) electrons. The van der Waals surface area contributed by atoms with Crippen LogP contribution in [-0.4, -0.2) is 158 Å². The molecule has 27 nitrogen and oxygen atoms in total. The summed E-state index contributed by atoms with van der Waals surface area (Å²) in [5.41, 5.74) is 6.99. The molecule has 3 unspecified atom stereocenters. The van der Waals surface area contributed by atoms with Gasteiger partial charge in [-0.1, -0.05) is 38.5 Å². The van der Waals surface area contributed by atoms with Gasteiger partial charge in [-0.25, -0.2) is 4.39 Å². The Morgan fingerprint density at radius 3 is 1.10 bits per heavy atom. The lowest BCUT2D eigenvalue weighted by Gasteiger charge is -2.27. The van der Waals surface area contributed by atoms with Gasteiger partial charge in [0, 0.05) is 63.0 Å². The van der Waals surface area contributed by atoms with Crippen molar-refractivity contribution in [1.82, 2.24) is 30.7 Å². The second-order valence-corrected chi connectivity index (χ2v) is 25.8. The number of carboxylic acids is 1. The van der Waals surface area contributed by atoms with E-state index < -0.39 is 106 Å². The van der Waals surface area contributed by atoms with Crippen LogP contribution in [0.3, 0.4) is 0 Å². The maximum Gasteiger partial charge on any atom is 0.306 e. The number of halogens is 1. The Morgan fingerprint density at radius 2 is 0.771 bits per heavy atom. The first-order chi connectivity index (χ1) is 45.4. The second kappa shape index (κ2) is 34.7. The van der Waals surface area contributed by atoms with E-state index in [1.807, 2.05) is 41.5 Å². The fraction of sp³-hybridized carbons (Fsp3) is 0.515. The third kappa shape index (κ3) is 21.5. The van der Waals surface area contributed by atoms with Crippen molar-refractivity contribution >= 4 is 100 Å². The number of imide groups is 6. The minimum atomic E-state index is -1.02. The van der Waals surface area contributed by atoms with Crippen molar-refractivity contribution in [3.05, 3.63) is 93.8 Å². The number of amides is 12. The Kier molecular flexibility index (Phi) is 27.3. The summed E-state index contributed by atoms with van der Waals surface area (Å²) >= 11 is 0. The van der Waals surface area contributed by atoms with E-state index in [-0.39, 0.29) is 95.9 Å². The monoisotopic (exact) mass is 1340 g/mol. The second-order valence-electron chi connectivity index (χ2n) is 25.8. The van der Waals surface area contributed by atoms with Gasteiger partial charge in [-0.05, 0) is 160 Å². The lowest BCUT2D eigenvalue weighted by Crippen LogP contribution is -2.54. The standard InChI is InChI=1S/C24H31N3O6.C20H23N3O6.C13H9FN2O4.C11H23NO2/c1-24(2,3)33-20(29)8-6-4-5-7-13-25-15-9-10-16-17(14-15)23(32)27(22(16)31)18-11-12-19(28)26-21(18)30;24-16-9-8-15(18(27)22-16)23-19(28)13-7-6-12(11-14(13)20(23)29)21-10-4-2-1-3-5-17(25)26;14-6-1-2-7-8(5-6)13(20)16(12(7)19)9-3-4-10(17)15-11(9)18;1-11(2,3)14-10(13)8-6-4-5-7-9-12/h9-10,14,18,25H,4-8,11-13H2,1-3H3,(H,26,28,30);6-7,11,15,21H,1-5,8-10H2,(H,25,26)(H,22,24,27);1-2,5,9H,3-4H2,(H,15,17,18);4-9,12H2,1-3H3. The average Bonchev–Trinajstić information content (AvgIpc) is 1.63. The fourth-order valence-electron chi connectivity index (χ4n) is 11.1. The quantitative estimate of drug-likeness (QED) is 0.0261. The third-order valence-electron chi connectivity index (χ3n) is 15.7. The number of esters is 2. The van der Waals surface area contributed by atoms with Crippen LogP contribution in [0.25, 0.3) is 0 Å². The number of unbranched alkanes of at least 4 members (excludes halogenated alkanes) is 9. The number of carboxylic acid groups (broad SMARTS) is 1. The molecule has 9 rings (SSSR count). The number of fused-ring (bicyclic) bond motifs is 3. The summed E-state index contributed by atoms with van der Waals surface area (Å²) in [6.07, 6.45) is 12.6. The third-order valence-corrected chi connectivity index (χ3v) is 15.7. The van der Waals surface area contributed by atoms with E-state index in [0.29, 0.717) is 43.7 Å². The Hall–Kier alpha value is -9.60. The van der Waals surface area contributed by atoms with Crippen LogP contribution in [0.5, 0.6) is 0 Å². The molecule has 3 aromatic rings. The van der Waals surface area contributed by atoms with Crippen molar-refractivity contribution < 1.29 is 90.9 Å². The van der Waals surface area contributed by atoms with E-state index in [9.17, 15) is 76.3 Å². The molecule has 6 aliphatic heterocycles. The zero-order valence-electron chi connectivity index (χ0n) is 55.1. The van der Waals surface area contributed by atoms with Crippen LogP contribution in [-0.2, 0) is 52.6 Å². The molecular weight excluding hydrogens is 1250 g/mol. The van der Waals surface area contributed by atoms with Gasteiger partial charge in [0.1, 0.15) is 35.1 Å². The molecule has 12 amide bonds. The molecule has 8 N–H and O–H groups in total. The van der Waals surface area contributed by atoms with Crippen LogP contribution in [0.2, 0.25) is 0 Å². The maximum absolute atomic E-state index is 13.2. The van der Waals surface area contributed by atoms with Gasteiger partial charge in [-0.15, -0.1) is 0 Å². The minimum Gasteiger partial charge on any atom is -0.481 e. The average molecular weight is 1340 g/mol. The molecular formula is C68H86FN9O18. The number of piperidine rings is 3. The topological polar surface area (TPSA) is 391 Å². The predicted molar refractivity (Wildman–Crippen MR) is 344 cm³/mol. The number of hydrogen-bond donors (Lipinski definition) is 7. The number of benzene rings is 3. The molecule has 518 valence electrons. The number of rotatable bonds is 25. The van der Waals surface area contributed by atoms with E-state index in [1.54, 1.807) is 36.4 Å². The predicted octanol–water partition coefficient (Wildman–Crippen LogP) is 6.79. The van der Waals surface area contributed by atoms with Gasteiger partial charge in [-0.3, -0.25) is 103 Å². The Balaban J connectivity index is 0.000000212. The van der Waals surface area contributed by atoms with Gasteiger partial charge >= 0.3 is 17.9 Å². The van der Waals surface area contributed by atoms with Gasteiger partial charge in [-0.2, -0.15) is 0 Å². The van der Waals surface area contributed by atoms with Crippen LogP contribution in [0.1, 0.15) is 239 Å². The molecule has 0 bridgehead atoms. The highest BCUT2D eigenvalue weighted by Gasteiger charge is 2.47. The van der Waals surface area contributed by atoms with Gasteiger partial charge in [0.05, 0.1) is 33.4 Å². The summed E-state index contributed by atoms with van der Waals surface area (Å²) in [6, 6.07) is 10.1. The Labute approximate surface area is 555 Å². The highest BCUT2D eigenvalue weighted by Crippen LogP contribution is 2.33. The lowest BCUT2D eigenvalue weighted by atomic mass is 10.0. The Morgan fingerprint density at radius 1 is 0.458 bits per heavy atom. The molecule has 0 spiro atoms. The number of nitrogens with one attached hydrogen (secondary N) is 5. The molecule has 6 aliphatic rings. The first kappa shape index (κ1) is 75.4. The molecule has 3 aromatic carbocycles. The number of nitrogens with two attached hydrogens (primary N) is 1. The molecule has 6 heterocycles. The summed E-state index contributed by atoms with van der Waals surface area (Å²) in [4.78, 5) is 181. The first-order valence-electron chi connectivity index (χ1n) is 32.4. The number of aliphatic carboxylic acids is 1. The van der Waals surface area contributed by atoms with Crippen molar-refractivity contribution in [2.75, 3.05) is 30.3 Å². The largest absolute Gasteiger partial charge is 0.481 e. The molecule has 3 atom stereocenters. The molecule has 0 aliphatic carbocycles. The van der Waals surface area contributed by atoms with Crippen LogP contribution in [0, 0.1) is 5.82 Å². The zero-order valence-corrected chi connectivity index (χ0v) is 55.1. The van der Waals surface area contributed by atoms with Gasteiger partial charge in [0.15, 0.2) is 0 Å². The molecule has 3 saturated heterocycles. The van der Waals surface area contributed by atoms with Crippen LogP contribution in [0.15, 0.2) is 54.6 Å². The van der Waals surface area contributed by atoms with Crippen molar-refractivity contribution in [3.63, 3.8) is 0 Å². The number of carbonyl (C=O) groups is 15. The lowest BCUT2D eigenvalue weighted by molar-refractivity contribution is -0.156. The fourth-order valence-corrected chi connectivity index (χ4v) is 11.1. The van der Waals surface area contributed by atoms with E-state index in [4.69, 9.17) is 20.3 Å². The van der Waals surface area contributed by atoms with Crippen molar-refractivity contribution in [2.45, 2.75) is 206 Å². The van der Waals surface area contributed by atoms with Gasteiger partial charge in [0.25, 0.3) is 35.4 Å². The summed E-state index contributed by atoms with van der Waals surface area (Å²) in [7, 11) is 0. The Bertz CT molecular complexity index is 3500. The molecule has 96 heavy (non-hydrogen) atoms. The van der Waals surface area contributed by atoms with E-state index >= 15 is 0 Å². The summed E-state index contributed by atoms with van der Waals surface area (Å²) in [5.74, 6) is -8.29. The molecule has 3 fully saturated rings. The smallest absolute Gasteiger partial charge is 0.306 e. The molecule has 0 aromatic heterocycles. The molecule has 0 saturated carbocycles. The van der Waals surface area contributed by atoms with Crippen molar-refractivity contribution in [3.8, 4) is 0 Å². The summed E-state index contributed by atoms with van der Waals surface area (Å²) in [5, 5.41) is 21.5. The summed E-state index contributed by atoms with van der Waals surface area (Å²) in [6.45, 7) is 13.3. The number of anilines is 2. The number of hydrogen-bond acceptors (Lipinski definition) is 20. The van der Waals surface area contributed by atoms with E-state index in [0.717, 1.165) is 104 Å². The summed E-state index contributed by atoms with van der Waals surface area (Å²) < 4.78 is 23.6.